The third kappa shape index (κ3) is 3.90. The molecular weight excluding hydrogens is 306 g/mol. The van der Waals surface area contributed by atoms with Gasteiger partial charge in [0.25, 0.3) is 0 Å². The second-order valence-corrected chi connectivity index (χ2v) is 5.81. The van der Waals surface area contributed by atoms with E-state index in [9.17, 15) is 9.59 Å². The van der Waals surface area contributed by atoms with Crippen molar-refractivity contribution in [3.63, 3.8) is 0 Å². The number of hydrogen-bond acceptors (Lipinski definition) is 4. The molecule has 3 rings (SSSR count). The fourth-order valence-corrected chi connectivity index (χ4v) is 2.60. The van der Waals surface area contributed by atoms with Crippen LogP contribution in [-0.4, -0.2) is 35.3 Å². The number of para-hydroxylation sites is 1. The van der Waals surface area contributed by atoms with Crippen molar-refractivity contribution in [2.75, 3.05) is 13.6 Å². The lowest BCUT2D eigenvalue weighted by Crippen LogP contribution is -2.31. The second kappa shape index (κ2) is 7.12. The standard InChI is InChI=1S/C18H19N3O3/c1-21-12-14(10-17(21)22)18(23)20-11-13-7-8-19-16(9-13)24-15-5-3-2-4-6-15/h2-9,14H,10-12H2,1H3,(H,20,23)/t14-/m1/s1. The topological polar surface area (TPSA) is 71.5 Å². The lowest BCUT2D eigenvalue weighted by Gasteiger charge is -2.11. The maximum Gasteiger partial charge on any atom is 0.225 e. The minimum atomic E-state index is -0.274. The van der Waals surface area contributed by atoms with Crippen molar-refractivity contribution in [1.82, 2.24) is 15.2 Å². The number of nitrogens with zero attached hydrogens (tertiary/aromatic N) is 2. The molecule has 1 fully saturated rings. The number of amides is 2. The van der Waals surface area contributed by atoms with Crippen LogP contribution in [0.15, 0.2) is 48.7 Å². The molecule has 124 valence electrons. The molecule has 6 heteroatoms. The fraction of sp³-hybridized carbons (Fsp3) is 0.278. The van der Waals surface area contributed by atoms with Gasteiger partial charge in [0, 0.05) is 38.8 Å². The Balaban J connectivity index is 1.57. The van der Waals surface area contributed by atoms with Crippen LogP contribution < -0.4 is 10.1 Å². The maximum absolute atomic E-state index is 12.1. The molecule has 1 aromatic heterocycles. The van der Waals surface area contributed by atoms with Gasteiger partial charge in [0.1, 0.15) is 5.75 Å². The predicted octanol–water partition coefficient (Wildman–Crippen LogP) is 1.97. The van der Waals surface area contributed by atoms with E-state index < -0.39 is 0 Å². The zero-order valence-corrected chi connectivity index (χ0v) is 13.4. The first-order valence-electron chi connectivity index (χ1n) is 7.81. The average molecular weight is 325 g/mol. The first-order valence-corrected chi connectivity index (χ1v) is 7.81. The molecule has 0 radical (unpaired) electrons. The first-order chi connectivity index (χ1) is 11.6. The van der Waals surface area contributed by atoms with Gasteiger partial charge in [-0.25, -0.2) is 4.98 Å². The van der Waals surface area contributed by atoms with Gasteiger partial charge in [-0.15, -0.1) is 0 Å². The van der Waals surface area contributed by atoms with Crippen molar-refractivity contribution in [2.24, 2.45) is 5.92 Å². The summed E-state index contributed by atoms with van der Waals surface area (Å²) in [4.78, 5) is 29.4. The van der Waals surface area contributed by atoms with Crippen LogP contribution in [0.2, 0.25) is 0 Å². The van der Waals surface area contributed by atoms with Crippen LogP contribution >= 0.6 is 0 Å². The van der Waals surface area contributed by atoms with Crippen LogP contribution in [0.25, 0.3) is 0 Å². The monoisotopic (exact) mass is 325 g/mol. The van der Waals surface area contributed by atoms with Crippen LogP contribution in [0.3, 0.4) is 0 Å². The molecule has 2 aromatic rings. The predicted molar refractivity (Wildman–Crippen MR) is 88.3 cm³/mol. The van der Waals surface area contributed by atoms with Crippen LogP contribution in [0.4, 0.5) is 0 Å². The quantitative estimate of drug-likeness (QED) is 0.912. The van der Waals surface area contributed by atoms with Gasteiger partial charge in [-0.3, -0.25) is 9.59 Å². The minimum absolute atomic E-state index is 0.0117. The number of carbonyl (C=O) groups excluding carboxylic acids is 2. The summed E-state index contributed by atoms with van der Waals surface area (Å²) < 4.78 is 5.68. The van der Waals surface area contributed by atoms with Gasteiger partial charge >= 0.3 is 0 Å². The molecule has 1 aliphatic rings. The molecule has 0 saturated carbocycles. The molecule has 1 aromatic carbocycles. The highest BCUT2D eigenvalue weighted by atomic mass is 16.5. The molecule has 6 nitrogen and oxygen atoms in total. The summed E-state index contributed by atoms with van der Waals surface area (Å²) in [5.74, 6) is 0.819. The van der Waals surface area contributed by atoms with E-state index in [-0.39, 0.29) is 24.2 Å². The molecule has 0 bridgehead atoms. The molecule has 0 spiro atoms. The van der Waals surface area contributed by atoms with Crippen LogP contribution in [0, 0.1) is 5.92 Å². The van der Waals surface area contributed by atoms with Gasteiger partial charge in [0.2, 0.25) is 17.7 Å². The summed E-state index contributed by atoms with van der Waals surface area (Å²) in [6.45, 7) is 0.851. The van der Waals surface area contributed by atoms with Crippen LogP contribution in [0.5, 0.6) is 11.6 Å². The Hall–Kier alpha value is -2.89. The van der Waals surface area contributed by atoms with Gasteiger partial charge in [-0.1, -0.05) is 18.2 Å². The fourth-order valence-electron chi connectivity index (χ4n) is 2.60. The summed E-state index contributed by atoms with van der Waals surface area (Å²) in [6, 6.07) is 13.0. The van der Waals surface area contributed by atoms with E-state index in [4.69, 9.17) is 4.74 Å². The van der Waals surface area contributed by atoms with Crippen LogP contribution in [0.1, 0.15) is 12.0 Å². The maximum atomic E-state index is 12.1. The molecule has 2 amide bonds. The minimum Gasteiger partial charge on any atom is -0.439 e. The number of ether oxygens (including phenoxy) is 1. The lowest BCUT2D eigenvalue weighted by atomic mass is 10.1. The number of rotatable bonds is 5. The summed E-state index contributed by atoms with van der Waals surface area (Å²) in [6.07, 6.45) is 1.92. The largest absolute Gasteiger partial charge is 0.439 e. The Morgan fingerprint density at radius 2 is 2.12 bits per heavy atom. The highest BCUT2D eigenvalue weighted by molar-refractivity contribution is 5.89. The number of pyridine rings is 1. The Bertz CT molecular complexity index is 733. The second-order valence-electron chi connectivity index (χ2n) is 5.81. The van der Waals surface area contributed by atoms with Gasteiger partial charge in [0.05, 0.1) is 5.92 Å². The average Bonchev–Trinajstić information content (AvgIpc) is 2.93. The van der Waals surface area contributed by atoms with Crippen molar-refractivity contribution in [2.45, 2.75) is 13.0 Å². The van der Waals surface area contributed by atoms with Gasteiger partial charge in [-0.05, 0) is 23.8 Å². The molecule has 1 atom stereocenters. The van der Waals surface area contributed by atoms with Gasteiger partial charge in [0.15, 0.2) is 0 Å². The number of carbonyl (C=O) groups is 2. The molecule has 1 N–H and O–H groups in total. The van der Waals surface area contributed by atoms with Crippen molar-refractivity contribution in [3.05, 3.63) is 54.2 Å². The normalized spacial score (nSPS) is 17.0. The van der Waals surface area contributed by atoms with E-state index in [1.807, 2.05) is 36.4 Å². The van der Waals surface area contributed by atoms with Crippen molar-refractivity contribution in [1.29, 1.82) is 0 Å². The third-order valence-electron chi connectivity index (χ3n) is 3.94. The van der Waals surface area contributed by atoms with Crippen LogP contribution in [-0.2, 0) is 16.1 Å². The highest BCUT2D eigenvalue weighted by Crippen LogP contribution is 2.20. The zero-order valence-electron chi connectivity index (χ0n) is 13.4. The molecular formula is C18H19N3O3. The Labute approximate surface area is 140 Å². The lowest BCUT2D eigenvalue weighted by molar-refractivity contribution is -0.128. The van der Waals surface area contributed by atoms with E-state index in [1.165, 1.54) is 0 Å². The van der Waals surface area contributed by atoms with E-state index in [1.54, 1.807) is 24.2 Å². The van der Waals surface area contributed by atoms with Crippen molar-refractivity contribution in [3.8, 4) is 11.6 Å². The smallest absolute Gasteiger partial charge is 0.225 e. The first kappa shape index (κ1) is 16.0. The molecule has 1 aliphatic heterocycles. The van der Waals surface area contributed by atoms with E-state index >= 15 is 0 Å². The summed E-state index contributed by atoms with van der Waals surface area (Å²) >= 11 is 0. The molecule has 24 heavy (non-hydrogen) atoms. The Morgan fingerprint density at radius 1 is 1.33 bits per heavy atom. The SMILES string of the molecule is CN1C[C@H](C(=O)NCc2ccnc(Oc3ccccc3)c2)CC1=O. The van der Waals surface area contributed by atoms with Gasteiger partial charge in [-0.2, -0.15) is 0 Å². The number of benzene rings is 1. The Morgan fingerprint density at radius 3 is 2.83 bits per heavy atom. The molecule has 1 saturated heterocycles. The van der Waals surface area contributed by atoms with E-state index in [0.29, 0.717) is 24.7 Å². The number of hydrogen-bond donors (Lipinski definition) is 1. The highest BCUT2D eigenvalue weighted by Gasteiger charge is 2.31. The van der Waals surface area contributed by atoms with E-state index in [2.05, 4.69) is 10.3 Å². The van der Waals surface area contributed by atoms with Crippen molar-refractivity contribution >= 4 is 11.8 Å². The summed E-state index contributed by atoms with van der Waals surface area (Å²) in [5.41, 5.74) is 0.891. The van der Waals surface area contributed by atoms with E-state index in [0.717, 1.165) is 5.56 Å². The van der Waals surface area contributed by atoms with Crippen molar-refractivity contribution < 1.29 is 14.3 Å². The summed E-state index contributed by atoms with van der Waals surface area (Å²) in [7, 11) is 1.71. The number of likely N-dealkylation sites (tertiary alicyclic amines) is 1. The third-order valence-corrected chi connectivity index (χ3v) is 3.94. The summed E-state index contributed by atoms with van der Waals surface area (Å²) in [5, 5.41) is 2.87. The molecule has 2 heterocycles. The Kier molecular flexibility index (Phi) is 4.74. The van der Waals surface area contributed by atoms with Gasteiger partial charge < -0.3 is 15.0 Å². The number of aromatic nitrogens is 1. The zero-order chi connectivity index (χ0) is 16.9. The molecule has 0 aliphatic carbocycles. The molecule has 0 unspecified atom stereocenters. The number of nitrogens with one attached hydrogen (secondary N) is 1.